The third-order valence-electron chi connectivity index (χ3n) is 2.80. The Bertz CT molecular complexity index is 492. The van der Waals surface area contributed by atoms with E-state index in [1.54, 1.807) is 0 Å². The lowest BCUT2D eigenvalue weighted by Gasteiger charge is -1.99. The number of aryl methyl sites for hydroxylation is 1. The summed E-state index contributed by atoms with van der Waals surface area (Å²) < 4.78 is 5.36. The molecule has 0 N–H and O–H groups in total. The highest BCUT2D eigenvalue weighted by atomic mass is 16.5. The van der Waals surface area contributed by atoms with Crippen LogP contribution in [-0.4, -0.2) is 5.16 Å². The molecular weight excluding hydrogens is 210 g/mol. The van der Waals surface area contributed by atoms with Crippen LogP contribution >= 0.6 is 0 Å². The van der Waals surface area contributed by atoms with Crippen LogP contribution in [0.2, 0.25) is 0 Å². The Morgan fingerprint density at radius 2 is 1.71 bits per heavy atom. The second-order valence-electron chi connectivity index (χ2n) is 4.12. The highest BCUT2D eigenvalue weighted by molar-refractivity contribution is 5.60. The smallest absolute Gasteiger partial charge is 0.167 e. The summed E-state index contributed by atoms with van der Waals surface area (Å²) in [7, 11) is 0. The predicted molar refractivity (Wildman–Crippen MR) is 66.2 cm³/mol. The number of hydrogen-bond acceptors (Lipinski definition) is 2. The molecule has 0 spiro atoms. The lowest BCUT2D eigenvalue weighted by molar-refractivity contribution is 0.427. The van der Waals surface area contributed by atoms with Gasteiger partial charge in [0.05, 0.1) is 5.69 Å². The Balaban J connectivity index is 1.86. The SMILES string of the molecule is Cc1ccc(-c2cc([C]3[CH][CH][CH][CH]3)no2)cc1. The van der Waals surface area contributed by atoms with Crippen LogP contribution in [-0.2, 0) is 0 Å². The summed E-state index contributed by atoms with van der Waals surface area (Å²) in [5.41, 5.74) is 3.18. The molecule has 1 heterocycles. The molecule has 17 heavy (non-hydrogen) atoms. The van der Waals surface area contributed by atoms with Gasteiger partial charge >= 0.3 is 0 Å². The first-order valence-electron chi connectivity index (χ1n) is 5.59. The summed E-state index contributed by atoms with van der Waals surface area (Å²) >= 11 is 0. The maximum atomic E-state index is 5.36. The fourth-order valence-electron chi connectivity index (χ4n) is 1.81. The molecule has 1 aromatic carbocycles. The van der Waals surface area contributed by atoms with Crippen molar-refractivity contribution >= 4 is 0 Å². The first kappa shape index (κ1) is 10.6. The van der Waals surface area contributed by atoms with Gasteiger partial charge in [0, 0.05) is 17.5 Å². The first-order chi connectivity index (χ1) is 8.33. The van der Waals surface area contributed by atoms with Gasteiger partial charge in [-0.15, -0.1) is 0 Å². The van der Waals surface area contributed by atoms with Gasteiger partial charge in [-0.1, -0.05) is 35.0 Å². The third-order valence-corrected chi connectivity index (χ3v) is 2.80. The van der Waals surface area contributed by atoms with Gasteiger partial charge in [-0.25, -0.2) is 0 Å². The monoisotopic (exact) mass is 222 g/mol. The minimum atomic E-state index is 0.807. The van der Waals surface area contributed by atoms with Crippen molar-refractivity contribution in [2.45, 2.75) is 6.92 Å². The summed E-state index contributed by atoms with van der Waals surface area (Å²) in [5, 5.41) is 4.08. The molecule has 2 heteroatoms. The summed E-state index contributed by atoms with van der Waals surface area (Å²) in [6.07, 6.45) is 8.04. The van der Waals surface area contributed by atoms with Crippen molar-refractivity contribution in [1.29, 1.82) is 0 Å². The third kappa shape index (κ3) is 2.12. The summed E-state index contributed by atoms with van der Waals surface area (Å²) in [6.45, 7) is 2.07. The van der Waals surface area contributed by atoms with Crippen LogP contribution in [0.1, 0.15) is 11.3 Å². The molecular formula is C15H12NO. The van der Waals surface area contributed by atoms with E-state index in [2.05, 4.69) is 24.2 Å². The molecule has 1 saturated carbocycles. The zero-order valence-corrected chi connectivity index (χ0v) is 9.55. The van der Waals surface area contributed by atoms with E-state index in [1.165, 1.54) is 5.56 Å². The van der Waals surface area contributed by atoms with Crippen molar-refractivity contribution in [2.24, 2.45) is 0 Å². The molecule has 0 aliphatic heterocycles. The first-order valence-corrected chi connectivity index (χ1v) is 5.59. The van der Waals surface area contributed by atoms with E-state index in [-0.39, 0.29) is 0 Å². The van der Waals surface area contributed by atoms with Crippen LogP contribution in [0, 0.1) is 38.5 Å². The average molecular weight is 222 g/mol. The second-order valence-corrected chi connectivity index (χ2v) is 4.12. The van der Waals surface area contributed by atoms with Gasteiger partial charge in [0.2, 0.25) is 0 Å². The molecule has 3 rings (SSSR count). The van der Waals surface area contributed by atoms with Crippen molar-refractivity contribution < 1.29 is 4.52 Å². The average Bonchev–Trinajstić information content (AvgIpc) is 3.00. The second kappa shape index (κ2) is 4.36. The van der Waals surface area contributed by atoms with Crippen molar-refractivity contribution in [3.8, 4) is 11.3 Å². The number of benzene rings is 1. The number of hydrogen-bond donors (Lipinski definition) is 0. The Labute approximate surface area is 102 Å². The summed E-state index contributed by atoms with van der Waals surface area (Å²) in [5.74, 6) is 1.90. The summed E-state index contributed by atoms with van der Waals surface area (Å²) in [4.78, 5) is 0. The van der Waals surface area contributed by atoms with E-state index in [0.717, 1.165) is 22.9 Å². The van der Waals surface area contributed by atoms with Crippen LogP contribution in [0.5, 0.6) is 0 Å². The molecule has 2 aromatic rings. The van der Waals surface area contributed by atoms with Crippen molar-refractivity contribution in [2.75, 3.05) is 0 Å². The molecule has 83 valence electrons. The molecule has 0 saturated heterocycles. The molecule has 1 aliphatic rings. The molecule has 0 bridgehead atoms. The summed E-state index contributed by atoms with van der Waals surface area (Å²) in [6, 6.07) is 10.2. The minimum Gasteiger partial charge on any atom is -0.356 e. The zero-order valence-electron chi connectivity index (χ0n) is 9.55. The van der Waals surface area contributed by atoms with Crippen LogP contribution in [0.4, 0.5) is 0 Å². The van der Waals surface area contributed by atoms with Crippen molar-refractivity contribution in [3.63, 3.8) is 0 Å². The van der Waals surface area contributed by atoms with Gasteiger partial charge in [0.25, 0.3) is 0 Å². The number of aromatic nitrogens is 1. The molecule has 5 radical (unpaired) electrons. The largest absolute Gasteiger partial charge is 0.356 e. The van der Waals surface area contributed by atoms with Crippen LogP contribution in [0.25, 0.3) is 11.3 Å². The number of rotatable bonds is 2. The topological polar surface area (TPSA) is 26.0 Å². The van der Waals surface area contributed by atoms with E-state index >= 15 is 0 Å². The standard InChI is InChI=1S/C15H12NO/c1-11-6-8-13(9-7-11)15-10-14(16-17-15)12-4-2-3-5-12/h2-10H,1H3. The molecule has 1 aromatic heterocycles. The lowest BCUT2D eigenvalue weighted by Crippen LogP contribution is -1.93. The maximum absolute atomic E-state index is 5.36. The normalized spacial score (nSPS) is 16.5. The fraction of sp³-hybridized carbons (Fsp3) is 0.0667. The van der Waals surface area contributed by atoms with Gasteiger partial charge in [0.15, 0.2) is 5.76 Å². The van der Waals surface area contributed by atoms with Gasteiger partial charge < -0.3 is 4.52 Å². The van der Waals surface area contributed by atoms with Crippen LogP contribution in [0.15, 0.2) is 34.9 Å². The highest BCUT2D eigenvalue weighted by Gasteiger charge is 2.22. The zero-order chi connectivity index (χ0) is 11.7. The van der Waals surface area contributed by atoms with Gasteiger partial charge in [0.1, 0.15) is 0 Å². The molecule has 0 atom stereocenters. The molecule has 1 aliphatic carbocycles. The quantitative estimate of drug-likeness (QED) is 0.778. The Morgan fingerprint density at radius 1 is 1.00 bits per heavy atom. The highest BCUT2D eigenvalue weighted by Crippen LogP contribution is 2.31. The molecule has 2 nitrogen and oxygen atoms in total. The number of nitrogens with zero attached hydrogens (tertiary/aromatic N) is 1. The Kier molecular flexibility index (Phi) is 2.71. The van der Waals surface area contributed by atoms with E-state index in [1.807, 2.05) is 43.9 Å². The predicted octanol–water partition coefficient (Wildman–Crippen LogP) is 3.40. The Morgan fingerprint density at radius 3 is 2.41 bits per heavy atom. The molecule has 0 unspecified atom stereocenters. The minimum absolute atomic E-state index is 0.807. The van der Waals surface area contributed by atoms with Crippen LogP contribution < -0.4 is 0 Å². The van der Waals surface area contributed by atoms with Gasteiger partial charge in [-0.05, 0) is 32.6 Å². The van der Waals surface area contributed by atoms with Crippen molar-refractivity contribution in [3.05, 3.63) is 73.2 Å². The van der Waals surface area contributed by atoms with Crippen molar-refractivity contribution in [1.82, 2.24) is 5.16 Å². The molecule has 0 amide bonds. The maximum Gasteiger partial charge on any atom is 0.167 e. The Hall–Kier alpha value is -1.57. The lowest BCUT2D eigenvalue weighted by atomic mass is 10.0. The van der Waals surface area contributed by atoms with E-state index < -0.39 is 0 Å². The van der Waals surface area contributed by atoms with Crippen LogP contribution in [0.3, 0.4) is 0 Å². The molecule has 1 fully saturated rings. The van der Waals surface area contributed by atoms with Gasteiger partial charge in [-0.3, -0.25) is 0 Å². The van der Waals surface area contributed by atoms with Gasteiger partial charge in [-0.2, -0.15) is 0 Å². The van der Waals surface area contributed by atoms with E-state index in [9.17, 15) is 0 Å². The van der Waals surface area contributed by atoms with E-state index in [4.69, 9.17) is 4.52 Å². The van der Waals surface area contributed by atoms with E-state index in [0.29, 0.717) is 0 Å². The fourth-order valence-corrected chi connectivity index (χ4v) is 1.81.